The Morgan fingerprint density at radius 3 is 2.55 bits per heavy atom. The van der Waals surface area contributed by atoms with E-state index in [0.717, 1.165) is 17.0 Å². The van der Waals surface area contributed by atoms with Crippen molar-refractivity contribution in [1.82, 2.24) is 30.1 Å². The normalized spacial score (nSPS) is 11.0. The van der Waals surface area contributed by atoms with Crippen molar-refractivity contribution in [2.45, 2.75) is 39.5 Å². The molecule has 0 aliphatic carbocycles. The molecule has 0 atom stereocenters. The van der Waals surface area contributed by atoms with Gasteiger partial charge in [0.05, 0.1) is 5.69 Å². The highest BCUT2D eigenvalue weighted by atomic mass is 16.1. The Balaban J connectivity index is 1.47. The van der Waals surface area contributed by atoms with Crippen LogP contribution in [0.25, 0.3) is 22.8 Å². The number of rotatable bonds is 7. The van der Waals surface area contributed by atoms with Crippen LogP contribution in [0.15, 0.2) is 53.6 Å². The van der Waals surface area contributed by atoms with E-state index in [9.17, 15) is 9.59 Å². The van der Waals surface area contributed by atoms with Crippen LogP contribution in [0.3, 0.4) is 0 Å². The van der Waals surface area contributed by atoms with Gasteiger partial charge in [-0.2, -0.15) is 5.10 Å². The van der Waals surface area contributed by atoms with Crippen molar-refractivity contribution in [3.8, 4) is 22.8 Å². The number of nitrogens with zero attached hydrogens (tertiary/aromatic N) is 4. The van der Waals surface area contributed by atoms with E-state index in [0.29, 0.717) is 28.6 Å². The van der Waals surface area contributed by atoms with Crippen molar-refractivity contribution in [1.29, 1.82) is 0 Å². The zero-order valence-electron chi connectivity index (χ0n) is 18.7. The molecule has 3 N–H and O–H groups in total. The number of carbonyl (C=O) groups excluding carboxylic acids is 1. The van der Waals surface area contributed by atoms with Crippen LogP contribution in [-0.2, 0) is 11.2 Å². The van der Waals surface area contributed by atoms with E-state index >= 15 is 0 Å². The van der Waals surface area contributed by atoms with Gasteiger partial charge in [0, 0.05) is 47.1 Å². The molecule has 0 spiro atoms. The summed E-state index contributed by atoms with van der Waals surface area (Å²) in [6.45, 7) is 5.83. The van der Waals surface area contributed by atoms with Crippen LogP contribution >= 0.6 is 0 Å². The monoisotopic (exact) mass is 443 g/mol. The standard InChI is InChI=1S/C24H25N7O2/c1-14(2)21-28-23(31-30-21)18-6-4-5-7-19(18)27-20(32)9-8-17-15(3)26-22(29-24(17)33)16-10-12-25-13-11-16/h4-7,10-14H,8-9H2,1-3H3,(H,27,32)(H,26,29,33)(H,28,30,31). The number of hydrogen-bond acceptors (Lipinski definition) is 6. The van der Waals surface area contributed by atoms with E-state index < -0.39 is 0 Å². The van der Waals surface area contributed by atoms with Crippen molar-refractivity contribution < 1.29 is 4.79 Å². The average Bonchev–Trinajstić information content (AvgIpc) is 3.30. The molecule has 0 saturated heterocycles. The van der Waals surface area contributed by atoms with Gasteiger partial charge >= 0.3 is 0 Å². The highest BCUT2D eigenvalue weighted by Gasteiger charge is 2.15. The van der Waals surface area contributed by atoms with Gasteiger partial charge in [0.15, 0.2) is 5.82 Å². The second-order valence-electron chi connectivity index (χ2n) is 8.01. The summed E-state index contributed by atoms with van der Waals surface area (Å²) >= 11 is 0. The van der Waals surface area contributed by atoms with Gasteiger partial charge in [-0.15, -0.1) is 0 Å². The first kappa shape index (κ1) is 22.1. The Morgan fingerprint density at radius 1 is 1.09 bits per heavy atom. The summed E-state index contributed by atoms with van der Waals surface area (Å²) in [5.41, 5.74) is 2.97. The Hall–Kier alpha value is -4.14. The fourth-order valence-corrected chi connectivity index (χ4v) is 3.44. The second-order valence-corrected chi connectivity index (χ2v) is 8.01. The molecule has 3 aromatic heterocycles. The number of hydrogen-bond donors (Lipinski definition) is 3. The first-order valence-corrected chi connectivity index (χ1v) is 10.7. The lowest BCUT2D eigenvalue weighted by Crippen LogP contribution is -2.20. The number of amides is 1. The molecule has 4 rings (SSSR count). The molecule has 0 aliphatic rings. The fourth-order valence-electron chi connectivity index (χ4n) is 3.44. The Morgan fingerprint density at radius 2 is 1.85 bits per heavy atom. The minimum absolute atomic E-state index is 0.139. The predicted octanol–water partition coefficient (Wildman–Crippen LogP) is 3.62. The van der Waals surface area contributed by atoms with E-state index in [1.54, 1.807) is 31.5 Å². The van der Waals surface area contributed by atoms with Gasteiger partial charge in [-0.05, 0) is 37.6 Å². The van der Waals surface area contributed by atoms with Gasteiger partial charge in [0.2, 0.25) is 5.91 Å². The van der Waals surface area contributed by atoms with Gasteiger partial charge in [-0.3, -0.25) is 19.7 Å². The number of pyridine rings is 1. The summed E-state index contributed by atoms with van der Waals surface area (Å²) in [6, 6.07) is 10.9. The summed E-state index contributed by atoms with van der Waals surface area (Å²) in [6.07, 6.45) is 3.70. The number of nitrogens with one attached hydrogen (secondary N) is 3. The fraction of sp³-hybridized carbons (Fsp3) is 0.250. The van der Waals surface area contributed by atoms with Gasteiger partial charge < -0.3 is 10.3 Å². The maximum Gasteiger partial charge on any atom is 0.254 e. The third kappa shape index (κ3) is 5.03. The predicted molar refractivity (Wildman–Crippen MR) is 126 cm³/mol. The van der Waals surface area contributed by atoms with Crippen LogP contribution in [0, 0.1) is 6.92 Å². The summed E-state index contributed by atoms with van der Waals surface area (Å²) in [5, 5.41) is 10.1. The lowest BCUT2D eigenvalue weighted by atomic mass is 10.1. The Kier molecular flexibility index (Phi) is 6.39. The molecular weight excluding hydrogens is 418 g/mol. The number of carbonyl (C=O) groups is 1. The van der Waals surface area contributed by atoms with E-state index in [1.807, 2.05) is 38.1 Å². The maximum atomic E-state index is 12.7. The van der Waals surface area contributed by atoms with E-state index in [1.165, 1.54) is 0 Å². The SMILES string of the molecule is Cc1nc(-c2ccncc2)[nH]c(=O)c1CCC(=O)Nc1ccccc1-c1n[nH]c(C(C)C)n1. The van der Waals surface area contributed by atoms with Crippen LogP contribution < -0.4 is 10.9 Å². The highest BCUT2D eigenvalue weighted by Crippen LogP contribution is 2.26. The molecule has 0 aliphatic heterocycles. The molecular formula is C24H25N7O2. The highest BCUT2D eigenvalue weighted by molar-refractivity contribution is 5.94. The number of aromatic amines is 2. The molecule has 0 fully saturated rings. The van der Waals surface area contributed by atoms with Crippen molar-refractivity contribution >= 4 is 11.6 Å². The zero-order chi connectivity index (χ0) is 23.4. The minimum atomic E-state index is -0.246. The third-order valence-corrected chi connectivity index (χ3v) is 5.27. The van der Waals surface area contributed by atoms with E-state index in [4.69, 9.17) is 0 Å². The van der Waals surface area contributed by atoms with Gasteiger partial charge in [0.1, 0.15) is 11.6 Å². The van der Waals surface area contributed by atoms with Crippen LogP contribution in [0.2, 0.25) is 0 Å². The molecule has 9 heteroatoms. The number of benzene rings is 1. The van der Waals surface area contributed by atoms with Crippen LogP contribution in [0.1, 0.15) is 43.3 Å². The number of anilines is 1. The topological polar surface area (TPSA) is 129 Å². The van der Waals surface area contributed by atoms with Gasteiger partial charge in [-0.25, -0.2) is 9.97 Å². The number of H-pyrrole nitrogens is 2. The lowest BCUT2D eigenvalue weighted by molar-refractivity contribution is -0.116. The summed E-state index contributed by atoms with van der Waals surface area (Å²) in [7, 11) is 0. The molecule has 0 saturated carbocycles. The molecule has 0 radical (unpaired) electrons. The van der Waals surface area contributed by atoms with Gasteiger partial charge in [-0.1, -0.05) is 26.0 Å². The summed E-state index contributed by atoms with van der Waals surface area (Å²) in [4.78, 5) is 41.1. The molecule has 0 unspecified atom stereocenters. The lowest BCUT2D eigenvalue weighted by Gasteiger charge is -2.10. The number of para-hydroxylation sites is 1. The Bertz CT molecular complexity index is 1330. The molecule has 3 heterocycles. The average molecular weight is 444 g/mol. The van der Waals surface area contributed by atoms with Crippen molar-refractivity contribution in [3.63, 3.8) is 0 Å². The molecule has 9 nitrogen and oxygen atoms in total. The first-order valence-electron chi connectivity index (χ1n) is 10.7. The minimum Gasteiger partial charge on any atom is -0.325 e. The molecule has 33 heavy (non-hydrogen) atoms. The summed E-state index contributed by atoms with van der Waals surface area (Å²) in [5.74, 6) is 1.79. The van der Waals surface area contributed by atoms with Crippen LogP contribution in [-0.4, -0.2) is 36.0 Å². The molecule has 168 valence electrons. The van der Waals surface area contributed by atoms with Gasteiger partial charge in [0.25, 0.3) is 5.56 Å². The quantitative estimate of drug-likeness (QED) is 0.400. The summed E-state index contributed by atoms with van der Waals surface area (Å²) < 4.78 is 0. The largest absolute Gasteiger partial charge is 0.325 e. The smallest absolute Gasteiger partial charge is 0.254 e. The van der Waals surface area contributed by atoms with E-state index in [-0.39, 0.29) is 30.2 Å². The molecule has 0 bridgehead atoms. The van der Waals surface area contributed by atoms with Crippen molar-refractivity contribution in [3.05, 3.63) is 76.2 Å². The van der Waals surface area contributed by atoms with Crippen LogP contribution in [0.4, 0.5) is 5.69 Å². The third-order valence-electron chi connectivity index (χ3n) is 5.27. The maximum absolute atomic E-state index is 12.7. The molecule has 1 aromatic carbocycles. The Labute approximate surface area is 190 Å². The number of aromatic nitrogens is 6. The van der Waals surface area contributed by atoms with E-state index in [2.05, 4.69) is 35.5 Å². The zero-order valence-corrected chi connectivity index (χ0v) is 18.7. The van der Waals surface area contributed by atoms with Crippen LogP contribution in [0.5, 0.6) is 0 Å². The molecule has 4 aromatic rings. The number of aryl methyl sites for hydroxylation is 1. The van der Waals surface area contributed by atoms with Crippen molar-refractivity contribution in [2.24, 2.45) is 0 Å². The molecule has 1 amide bonds. The first-order chi connectivity index (χ1) is 15.9. The second kappa shape index (κ2) is 9.56. The van der Waals surface area contributed by atoms with Crippen molar-refractivity contribution in [2.75, 3.05) is 5.32 Å².